The molecule has 0 fully saturated rings. The summed E-state index contributed by atoms with van der Waals surface area (Å²) in [6, 6.07) is 5.11. The molecule has 0 saturated heterocycles. The Kier molecular flexibility index (Phi) is 2.99. The number of phenols is 1. The van der Waals surface area contributed by atoms with Gasteiger partial charge in [-0.05, 0) is 30.2 Å². The number of benzene rings is 1. The van der Waals surface area contributed by atoms with Crippen LogP contribution in [0.3, 0.4) is 0 Å². The molecule has 2 N–H and O–H groups in total. The van der Waals surface area contributed by atoms with Crippen LogP contribution in [0.5, 0.6) is 11.5 Å². The van der Waals surface area contributed by atoms with Gasteiger partial charge in [-0.3, -0.25) is 4.79 Å². The van der Waals surface area contributed by atoms with Crippen LogP contribution in [-0.2, 0) is 11.2 Å². The lowest BCUT2D eigenvalue weighted by atomic mass is 9.96. The van der Waals surface area contributed by atoms with Crippen molar-refractivity contribution in [1.82, 2.24) is 5.32 Å². The maximum absolute atomic E-state index is 10.8. The highest BCUT2D eigenvalue weighted by molar-refractivity contribution is 5.72. The van der Waals surface area contributed by atoms with Crippen molar-refractivity contribution in [2.75, 3.05) is 13.2 Å². The van der Waals surface area contributed by atoms with E-state index in [4.69, 9.17) is 4.74 Å². The Balaban J connectivity index is 2.02. The smallest absolute Gasteiger partial charge is 0.216 e. The van der Waals surface area contributed by atoms with Crippen LogP contribution in [-0.4, -0.2) is 24.2 Å². The Morgan fingerprint density at radius 1 is 1.62 bits per heavy atom. The van der Waals surface area contributed by atoms with E-state index in [0.717, 1.165) is 17.7 Å². The number of aromatic hydroxyl groups is 1. The van der Waals surface area contributed by atoms with Crippen LogP contribution in [0.25, 0.3) is 0 Å². The summed E-state index contributed by atoms with van der Waals surface area (Å²) in [5.41, 5.74) is 1.00. The van der Waals surface area contributed by atoms with Crippen LogP contribution in [0.2, 0.25) is 0 Å². The number of amides is 1. The first-order valence-electron chi connectivity index (χ1n) is 5.34. The first-order valence-corrected chi connectivity index (χ1v) is 5.34. The molecule has 0 bridgehead atoms. The molecule has 0 spiro atoms. The average molecular weight is 221 g/mol. The summed E-state index contributed by atoms with van der Waals surface area (Å²) in [6.07, 6.45) is 0.823. The molecule has 1 atom stereocenters. The molecule has 16 heavy (non-hydrogen) atoms. The van der Waals surface area contributed by atoms with Gasteiger partial charge in [0.1, 0.15) is 11.5 Å². The van der Waals surface area contributed by atoms with Crippen molar-refractivity contribution in [2.45, 2.75) is 13.3 Å². The minimum absolute atomic E-state index is 0.0262. The van der Waals surface area contributed by atoms with Crippen molar-refractivity contribution in [1.29, 1.82) is 0 Å². The fourth-order valence-electron chi connectivity index (χ4n) is 1.86. The molecule has 1 amide bonds. The van der Waals surface area contributed by atoms with E-state index in [-0.39, 0.29) is 17.6 Å². The third-order valence-electron chi connectivity index (χ3n) is 2.67. The number of fused-ring (bicyclic) bond motifs is 1. The van der Waals surface area contributed by atoms with Crippen LogP contribution in [0, 0.1) is 5.92 Å². The summed E-state index contributed by atoms with van der Waals surface area (Å²) in [5.74, 6) is 1.33. The van der Waals surface area contributed by atoms with Gasteiger partial charge in [0.15, 0.2) is 0 Å². The molecule has 0 aliphatic carbocycles. The minimum Gasteiger partial charge on any atom is -0.508 e. The third-order valence-corrected chi connectivity index (χ3v) is 2.67. The summed E-state index contributed by atoms with van der Waals surface area (Å²) in [7, 11) is 0. The molecule has 0 saturated carbocycles. The van der Waals surface area contributed by atoms with Crippen molar-refractivity contribution in [3.05, 3.63) is 23.8 Å². The van der Waals surface area contributed by atoms with Gasteiger partial charge in [-0.2, -0.15) is 0 Å². The van der Waals surface area contributed by atoms with Gasteiger partial charge in [-0.25, -0.2) is 0 Å². The van der Waals surface area contributed by atoms with E-state index < -0.39 is 0 Å². The van der Waals surface area contributed by atoms with E-state index in [1.165, 1.54) is 6.92 Å². The van der Waals surface area contributed by atoms with E-state index in [0.29, 0.717) is 13.2 Å². The zero-order chi connectivity index (χ0) is 11.5. The van der Waals surface area contributed by atoms with Gasteiger partial charge in [-0.1, -0.05) is 0 Å². The number of hydrogen-bond acceptors (Lipinski definition) is 3. The highest BCUT2D eigenvalue weighted by Gasteiger charge is 2.20. The molecule has 1 aliphatic heterocycles. The fraction of sp³-hybridized carbons (Fsp3) is 0.417. The van der Waals surface area contributed by atoms with E-state index in [1.807, 2.05) is 0 Å². The lowest BCUT2D eigenvalue weighted by molar-refractivity contribution is -0.119. The van der Waals surface area contributed by atoms with Crippen LogP contribution in [0.1, 0.15) is 12.5 Å². The normalized spacial score (nSPS) is 18.4. The van der Waals surface area contributed by atoms with Gasteiger partial charge in [-0.15, -0.1) is 0 Å². The molecule has 4 heteroatoms. The fourth-order valence-corrected chi connectivity index (χ4v) is 1.86. The molecule has 1 heterocycles. The standard InChI is InChI=1S/C12H15NO3/c1-8(14)13-6-9-4-10-5-11(15)2-3-12(10)16-7-9/h2-3,5,9,15H,4,6-7H2,1H3,(H,13,14). The number of rotatable bonds is 2. The van der Waals surface area contributed by atoms with Gasteiger partial charge in [0, 0.05) is 19.4 Å². The molecule has 86 valence electrons. The zero-order valence-corrected chi connectivity index (χ0v) is 9.19. The van der Waals surface area contributed by atoms with Crippen molar-refractivity contribution >= 4 is 5.91 Å². The summed E-state index contributed by atoms with van der Waals surface area (Å²) in [6.45, 7) is 2.73. The Morgan fingerprint density at radius 3 is 3.19 bits per heavy atom. The number of phenolic OH excluding ortho intramolecular Hbond substituents is 1. The second-order valence-corrected chi connectivity index (χ2v) is 4.11. The van der Waals surface area contributed by atoms with E-state index in [1.54, 1.807) is 18.2 Å². The molecule has 2 rings (SSSR count). The minimum atomic E-state index is -0.0262. The van der Waals surface area contributed by atoms with Gasteiger partial charge >= 0.3 is 0 Å². The lowest BCUT2D eigenvalue weighted by Crippen LogP contribution is -2.33. The Morgan fingerprint density at radius 2 is 2.44 bits per heavy atom. The molecule has 0 radical (unpaired) electrons. The van der Waals surface area contributed by atoms with Gasteiger partial charge in [0.25, 0.3) is 0 Å². The maximum atomic E-state index is 10.8. The lowest BCUT2D eigenvalue weighted by Gasteiger charge is -2.25. The predicted octanol–water partition coefficient (Wildman–Crippen LogP) is 1.08. The Bertz CT molecular complexity index is 403. The first-order chi connectivity index (χ1) is 7.65. The van der Waals surface area contributed by atoms with E-state index >= 15 is 0 Å². The summed E-state index contributed by atoms with van der Waals surface area (Å²) < 4.78 is 5.56. The monoisotopic (exact) mass is 221 g/mol. The van der Waals surface area contributed by atoms with Crippen molar-refractivity contribution in [3.63, 3.8) is 0 Å². The van der Waals surface area contributed by atoms with Crippen LogP contribution in [0.15, 0.2) is 18.2 Å². The van der Waals surface area contributed by atoms with Crippen LogP contribution >= 0.6 is 0 Å². The van der Waals surface area contributed by atoms with E-state index in [2.05, 4.69) is 5.32 Å². The molecule has 1 unspecified atom stereocenters. The number of carbonyl (C=O) groups excluding carboxylic acids is 1. The third kappa shape index (κ3) is 2.45. The average Bonchev–Trinajstić information content (AvgIpc) is 2.25. The second-order valence-electron chi connectivity index (χ2n) is 4.11. The molecule has 1 aliphatic rings. The van der Waals surface area contributed by atoms with Gasteiger partial charge < -0.3 is 15.2 Å². The van der Waals surface area contributed by atoms with Crippen LogP contribution in [0.4, 0.5) is 0 Å². The zero-order valence-electron chi connectivity index (χ0n) is 9.19. The predicted molar refractivity (Wildman–Crippen MR) is 59.5 cm³/mol. The molecule has 1 aromatic rings. The van der Waals surface area contributed by atoms with Crippen molar-refractivity contribution in [2.24, 2.45) is 5.92 Å². The summed E-state index contributed by atoms with van der Waals surface area (Å²) in [4.78, 5) is 10.8. The quantitative estimate of drug-likeness (QED) is 0.785. The number of ether oxygens (including phenoxy) is 1. The summed E-state index contributed by atoms with van der Waals surface area (Å²) >= 11 is 0. The first kappa shape index (κ1) is 10.8. The van der Waals surface area contributed by atoms with Crippen molar-refractivity contribution < 1.29 is 14.6 Å². The summed E-state index contributed by atoms with van der Waals surface area (Å²) in [5, 5.41) is 12.1. The number of carbonyl (C=O) groups is 1. The largest absolute Gasteiger partial charge is 0.508 e. The van der Waals surface area contributed by atoms with Gasteiger partial charge in [0.2, 0.25) is 5.91 Å². The van der Waals surface area contributed by atoms with Gasteiger partial charge in [0.05, 0.1) is 6.61 Å². The van der Waals surface area contributed by atoms with E-state index in [9.17, 15) is 9.90 Å². The maximum Gasteiger partial charge on any atom is 0.216 e. The topological polar surface area (TPSA) is 58.6 Å². The number of hydrogen-bond donors (Lipinski definition) is 2. The molecule has 0 aromatic heterocycles. The van der Waals surface area contributed by atoms with Crippen molar-refractivity contribution in [3.8, 4) is 11.5 Å². The Hall–Kier alpha value is -1.71. The molecule has 1 aromatic carbocycles. The highest BCUT2D eigenvalue weighted by atomic mass is 16.5. The molecular formula is C12H15NO3. The SMILES string of the molecule is CC(=O)NCC1COc2ccc(O)cc2C1. The molecular weight excluding hydrogens is 206 g/mol. The Labute approximate surface area is 94.2 Å². The highest BCUT2D eigenvalue weighted by Crippen LogP contribution is 2.29. The number of nitrogens with one attached hydrogen (secondary N) is 1. The van der Waals surface area contributed by atoms with Crippen LogP contribution < -0.4 is 10.1 Å². The molecule has 4 nitrogen and oxygen atoms in total. The second kappa shape index (κ2) is 4.43.